The molecular weight excluding hydrogens is 316 g/mol. The third kappa shape index (κ3) is 2.44. The molecule has 4 aromatic carbocycles. The van der Waals surface area contributed by atoms with E-state index in [1.807, 2.05) is 0 Å². The van der Waals surface area contributed by atoms with E-state index in [9.17, 15) is 0 Å². The maximum atomic E-state index is 2.37. The normalized spacial score (nSPS) is 11.5. The van der Waals surface area contributed by atoms with E-state index in [-0.39, 0.29) is 0 Å². The van der Waals surface area contributed by atoms with Crippen molar-refractivity contribution in [1.29, 1.82) is 0 Å². The van der Waals surface area contributed by atoms with E-state index in [2.05, 4.69) is 97.1 Å². The van der Waals surface area contributed by atoms with Gasteiger partial charge in [-0.3, -0.25) is 0 Å². The smallest absolute Gasteiger partial charge is 0.0174 e. The van der Waals surface area contributed by atoms with E-state index in [4.69, 9.17) is 0 Å². The zero-order valence-electron chi connectivity index (χ0n) is 13.7. The second kappa shape index (κ2) is 5.87. The van der Waals surface area contributed by atoms with Gasteiger partial charge in [0.1, 0.15) is 0 Å². The number of benzene rings is 4. The van der Waals surface area contributed by atoms with Crippen molar-refractivity contribution in [2.24, 2.45) is 0 Å². The first kappa shape index (κ1) is 14.4. The summed E-state index contributed by atoms with van der Waals surface area (Å²) in [6.07, 6.45) is 0. The van der Waals surface area contributed by atoms with E-state index in [1.165, 1.54) is 43.8 Å². The molecule has 1 heterocycles. The minimum atomic E-state index is 0.729. The molecule has 0 saturated heterocycles. The SMILES string of the molecule is c1ccc(-c2cc(-c3ccccc3)c3c(c2)-c2ccccc2[Si-]3)cc1. The van der Waals surface area contributed by atoms with Crippen molar-refractivity contribution in [3.05, 3.63) is 97.1 Å². The Bertz CT molecular complexity index is 1050. The van der Waals surface area contributed by atoms with E-state index in [0.717, 1.165) is 9.52 Å². The lowest BCUT2D eigenvalue weighted by Crippen LogP contribution is -2.22. The minimum absolute atomic E-state index is 0.729. The molecule has 4 aromatic rings. The Morgan fingerprint density at radius 1 is 0.440 bits per heavy atom. The molecule has 0 amide bonds. The predicted molar refractivity (Wildman–Crippen MR) is 108 cm³/mol. The third-order valence-electron chi connectivity index (χ3n) is 4.81. The number of hydrogen-bond acceptors (Lipinski definition) is 0. The fourth-order valence-electron chi connectivity index (χ4n) is 3.59. The van der Waals surface area contributed by atoms with Crippen LogP contribution in [0.3, 0.4) is 0 Å². The zero-order valence-corrected chi connectivity index (χ0v) is 14.7. The molecule has 0 atom stereocenters. The number of hydrogen-bond donors (Lipinski definition) is 0. The number of fused-ring (bicyclic) bond motifs is 3. The molecule has 0 fully saturated rings. The molecule has 0 N–H and O–H groups in total. The summed E-state index contributed by atoms with van der Waals surface area (Å²) in [7, 11) is 0.729. The Kier molecular flexibility index (Phi) is 3.39. The summed E-state index contributed by atoms with van der Waals surface area (Å²) >= 11 is 0. The molecule has 0 spiro atoms. The van der Waals surface area contributed by atoms with Crippen molar-refractivity contribution in [3.8, 4) is 33.4 Å². The van der Waals surface area contributed by atoms with Crippen LogP contribution in [-0.4, -0.2) is 9.52 Å². The van der Waals surface area contributed by atoms with Crippen LogP contribution in [0.15, 0.2) is 97.1 Å². The Labute approximate surface area is 150 Å². The van der Waals surface area contributed by atoms with Crippen LogP contribution in [0.2, 0.25) is 0 Å². The van der Waals surface area contributed by atoms with Gasteiger partial charge in [-0.1, -0.05) is 102 Å². The van der Waals surface area contributed by atoms with Crippen LogP contribution in [0.25, 0.3) is 33.4 Å². The molecule has 0 unspecified atom stereocenters. The van der Waals surface area contributed by atoms with Crippen LogP contribution in [0, 0.1) is 0 Å². The summed E-state index contributed by atoms with van der Waals surface area (Å²) in [6, 6.07) is 35.0. The van der Waals surface area contributed by atoms with Gasteiger partial charge in [-0.25, -0.2) is 10.4 Å². The molecule has 117 valence electrons. The maximum Gasteiger partial charge on any atom is -0.0174 e. The molecule has 5 rings (SSSR count). The lowest BCUT2D eigenvalue weighted by atomic mass is 9.93. The van der Waals surface area contributed by atoms with Gasteiger partial charge < -0.3 is 9.52 Å². The monoisotopic (exact) mass is 332 g/mol. The van der Waals surface area contributed by atoms with Gasteiger partial charge in [-0.05, 0) is 28.8 Å². The van der Waals surface area contributed by atoms with Gasteiger partial charge in [0.05, 0.1) is 0 Å². The quantitative estimate of drug-likeness (QED) is 0.413. The van der Waals surface area contributed by atoms with Gasteiger partial charge in [0, 0.05) is 0 Å². The van der Waals surface area contributed by atoms with Crippen molar-refractivity contribution in [3.63, 3.8) is 0 Å². The van der Waals surface area contributed by atoms with Gasteiger partial charge in [-0.15, -0.1) is 0 Å². The molecule has 0 nitrogen and oxygen atoms in total. The average molecular weight is 332 g/mol. The largest absolute Gasteiger partial charge is 0.394 e. The summed E-state index contributed by atoms with van der Waals surface area (Å²) in [5.74, 6) is 0. The fourth-order valence-corrected chi connectivity index (χ4v) is 5.09. The van der Waals surface area contributed by atoms with Crippen molar-refractivity contribution in [1.82, 2.24) is 0 Å². The van der Waals surface area contributed by atoms with Crippen LogP contribution in [0.4, 0.5) is 0 Å². The zero-order chi connectivity index (χ0) is 16.6. The van der Waals surface area contributed by atoms with Crippen LogP contribution in [-0.2, 0) is 0 Å². The lowest BCUT2D eigenvalue weighted by molar-refractivity contribution is 1.60. The lowest BCUT2D eigenvalue weighted by Gasteiger charge is -2.20. The van der Waals surface area contributed by atoms with Crippen LogP contribution in [0.1, 0.15) is 0 Å². The van der Waals surface area contributed by atoms with E-state index in [0.29, 0.717) is 0 Å². The Morgan fingerprint density at radius 3 is 1.80 bits per heavy atom. The second-order valence-electron chi connectivity index (χ2n) is 6.35. The highest BCUT2D eigenvalue weighted by Crippen LogP contribution is 2.32. The first-order chi connectivity index (χ1) is 12.4. The predicted octanol–water partition coefficient (Wildman–Crippen LogP) is 4.66. The minimum Gasteiger partial charge on any atom is -0.394 e. The molecule has 25 heavy (non-hydrogen) atoms. The summed E-state index contributed by atoms with van der Waals surface area (Å²) in [5.41, 5.74) is 8.03. The Morgan fingerprint density at radius 2 is 1.04 bits per heavy atom. The summed E-state index contributed by atoms with van der Waals surface area (Å²) in [5, 5.41) is 2.94. The van der Waals surface area contributed by atoms with Crippen molar-refractivity contribution in [2.75, 3.05) is 0 Å². The van der Waals surface area contributed by atoms with Crippen LogP contribution >= 0.6 is 0 Å². The highest BCUT2D eigenvalue weighted by Gasteiger charge is 2.13. The highest BCUT2D eigenvalue weighted by atomic mass is 28.2. The van der Waals surface area contributed by atoms with Gasteiger partial charge in [-0.2, -0.15) is 0 Å². The third-order valence-corrected chi connectivity index (χ3v) is 6.30. The molecule has 0 saturated carbocycles. The van der Waals surface area contributed by atoms with Gasteiger partial charge in [0.15, 0.2) is 0 Å². The molecule has 1 aliphatic heterocycles. The molecular formula is C24H16Si-. The van der Waals surface area contributed by atoms with Crippen LogP contribution in [0.5, 0.6) is 0 Å². The standard InChI is InChI=1S/C24H16Si/c1-3-9-17(10-4-1)19-15-21(18-11-5-2-6-12-18)24-22(16-19)20-13-7-8-14-23(20)25-24/h1-16H/q-1. The average Bonchev–Trinajstić information content (AvgIpc) is 3.07. The Balaban J connectivity index is 1.80. The maximum absolute atomic E-state index is 2.37. The van der Waals surface area contributed by atoms with E-state index < -0.39 is 0 Å². The first-order valence-electron chi connectivity index (χ1n) is 8.55. The summed E-state index contributed by atoms with van der Waals surface area (Å²) in [4.78, 5) is 0. The van der Waals surface area contributed by atoms with Crippen molar-refractivity contribution < 1.29 is 0 Å². The topological polar surface area (TPSA) is 0 Å². The fraction of sp³-hybridized carbons (Fsp3) is 0. The van der Waals surface area contributed by atoms with Gasteiger partial charge in [0.25, 0.3) is 0 Å². The molecule has 1 aliphatic rings. The molecule has 0 bridgehead atoms. The number of rotatable bonds is 2. The van der Waals surface area contributed by atoms with E-state index in [1.54, 1.807) is 0 Å². The van der Waals surface area contributed by atoms with Crippen molar-refractivity contribution >= 4 is 19.9 Å². The molecule has 0 aliphatic carbocycles. The van der Waals surface area contributed by atoms with Crippen molar-refractivity contribution in [2.45, 2.75) is 0 Å². The van der Waals surface area contributed by atoms with Crippen LogP contribution < -0.4 is 10.4 Å². The summed E-state index contributed by atoms with van der Waals surface area (Å²) < 4.78 is 0. The van der Waals surface area contributed by atoms with E-state index >= 15 is 0 Å². The Hall–Kier alpha value is -2.90. The van der Waals surface area contributed by atoms with Gasteiger partial charge >= 0.3 is 0 Å². The first-order valence-corrected chi connectivity index (χ1v) is 9.55. The molecule has 1 radical (unpaired) electrons. The molecule has 0 aromatic heterocycles. The summed E-state index contributed by atoms with van der Waals surface area (Å²) in [6.45, 7) is 0. The molecule has 1 heteroatoms. The second-order valence-corrected chi connectivity index (χ2v) is 7.64. The van der Waals surface area contributed by atoms with Gasteiger partial charge in [0.2, 0.25) is 0 Å². The highest BCUT2D eigenvalue weighted by molar-refractivity contribution is 6.74.